The first-order valence-corrected chi connectivity index (χ1v) is 18.2. The predicted octanol–water partition coefficient (Wildman–Crippen LogP) is 13.4. The van der Waals surface area contributed by atoms with Crippen LogP contribution in [0.15, 0.2) is 188 Å². The maximum Gasteiger partial charge on any atom is 0.204 e. The van der Waals surface area contributed by atoms with Gasteiger partial charge in [0.15, 0.2) is 0 Å². The lowest BCUT2D eigenvalue weighted by Gasteiger charge is -2.25. The molecular formula is C50H31N5. The van der Waals surface area contributed by atoms with Crippen molar-refractivity contribution in [3.63, 3.8) is 0 Å². The number of benzene rings is 8. The molecule has 5 heteroatoms. The van der Waals surface area contributed by atoms with E-state index in [1.165, 1.54) is 16.3 Å². The Bertz CT molecular complexity index is 3120. The minimum absolute atomic E-state index is 0.349. The van der Waals surface area contributed by atoms with Gasteiger partial charge in [0, 0.05) is 50.0 Å². The number of nitriles is 1. The highest BCUT2D eigenvalue weighted by Crippen LogP contribution is 2.42. The molecule has 0 atom stereocenters. The number of hydrogen-bond donors (Lipinski definition) is 0. The van der Waals surface area contributed by atoms with E-state index in [2.05, 4.69) is 183 Å². The Morgan fingerprint density at radius 1 is 0.436 bits per heavy atom. The fraction of sp³-hybridized carbons (Fsp3) is 0. The molecule has 0 N–H and O–H groups in total. The molecule has 0 saturated heterocycles. The predicted molar refractivity (Wildman–Crippen MR) is 226 cm³/mol. The zero-order valence-electron chi connectivity index (χ0n) is 29.6. The highest BCUT2D eigenvalue weighted by atomic mass is 15.1. The van der Waals surface area contributed by atoms with Crippen molar-refractivity contribution in [3.8, 4) is 28.6 Å². The summed E-state index contributed by atoms with van der Waals surface area (Å²) in [5, 5.41) is 14.6. The van der Waals surface area contributed by atoms with Gasteiger partial charge < -0.3 is 14.0 Å². The minimum atomic E-state index is 0.349. The van der Waals surface area contributed by atoms with Gasteiger partial charge in [-0.2, -0.15) is 5.26 Å². The quantitative estimate of drug-likeness (QED) is 0.162. The van der Waals surface area contributed by atoms with E-state index in [0.29, 0.717) is 11.3 Å². The average molecular weight is 702 g/mol. The van der Waals surface area contributed by atoms with Gasteiger partial charge in [0.2, 0.25) is 5.69 Å². The third-order valence-electron chi connectivity index (χ3n) is 10.5. The van der Waals surface area contributed by atoms with E-state index in [9.17, 15) is 5.26 Å². The van der Waals surface area contributed by atoms with Gasteiger partial charge in [0.05, 0.1) is 40.3 Å². The zero-order valence-corrected chi connectivity index (χ0v) is 29.6. The molecule has 0 saturated carbocycles. The Morgan fingerprint density at radius 3 is 1.56 bits per heavy atom. The second-order valence-corrected chi connectivity index (χ2v) is 13.6. The fourth-order valence-electron chi connectivity index (χ4n) is 8.07. The molecule has 0 aliphatic heterocycles. The summed E-state index contributed by atoms with van der Waals surface area (Å²) in [6.07, 6.45) is 0. The van der Waals surface area contributed by atoms with Crippen molar-refractivity contribution in [2.24, 2.45) is 0 Å². The van der Waals surface area contributed by atoms with E-state index in [4.69, 9.17) is 6.57 Å². The van der Waals surface area contributed by atoms with Crippen LogP contribution in [0.5, 0.6) is 0 Å². The summed E-state index contributed by atoms with van der Waals surface area (Å²) in [4.78, 5) is 5.87. The van der Waals surface area contributed by atoms with Crippen molar-refractivity contribution in [3.05, 3.63) is 205 Å². The first kappa shape index (κ1) is 31.8. The SMILES string of the molecule is [C-]#[N+]c1ccc(-n2c3ccc(-c4ccc5c(c4)c4ccccc4n5-c4ccccc4)cc3c3cc(N(c4ccccc4)c4ccccc4)ccc32)cc1C#N. The molecule has 0 amide bonds. The van der Waals surface area contributed by atoms with Crippen molar-refractivity contribution in [1.82, 2.24) is 9.13 Å². The molecule has 0 unspecified atom stereocenters. The summed E-state index contributed by atoms with van der Waals surface area (Å²) >= 11 is 0. The van der Waals surface area contributed by atoms with E-state index in [1.807, 2.05) is 24.3 Å². The van der Waals surface area contributed by atoms with Crippen LogP contribution in [0.1, 0.15) is 5.56 Å². The number of hydrogen-bond acceptors (Lipinski definition) is 2. The molecule has 0 aliphatic rings. The standard InChI is InChI=1S/C50H31N5/c1-52-46-25-23-40(29-36(46)33-51)55-49-27-22-35(34-21-26-48-43(30-34)42-19-11-12-20-47(42)54(48)39-17-9-4-10-18-39)31-44(49)45-32-41(24-28-50(45)55)53(37-13-5-2-6-14-37)38-15-7-3-8-16-38/h2-32H. The summed E-state index contributed by atoms with van der Waals surface area (Å²) in [5.41, 5.74) is 12.4. The Balaban J connectivity index is 1.21. The molecular weight excluding hydrogens is 671 g/mol. The summed E-state index contributed by atoms with van der Waals surface area (Å²) < 4.78 is 4.55. The van der Waals surface area contributed by atoms with Gasteiger partial charge in [-0.3, -0.25) is 0 Å². The first-order chi connectivity index (χ1) is 27.2. The molecule has 0 bridgehead atoms. The summed E-state index contributed by atoms with van der Waals surface area (Å²) in [5.74, 6) is 0. The lowest BCUT2D eigenvalue weighted by atomic mass is 10.0. The van der Waals surface area contributed by atoms with Crippen LogP contribution in [0.2, 0.25) is 0 Å². The van der Waals surface area contributed by atoms with E-state index in [1.54, 1.807) is 6.07 Å². The van der Waals surface area contributed by atoms with E-state index in [0.717, 1.165) is 66.9 Å². The molecule has 5 nitrogen and oxygen atoms in total. The number of fused-ring (bicyclic) bond motifs is 6. The van der Waals surface area contributed by atoms with Crippen LogP contribution < -0.4 is 4.90 Å². The van der Waals surface area contributed by atoms with E-state index >= 15 is 0 Å². The number of para-hydroxylation sites is 4. The van der Waals surface area contributed by atoms with Gasteiger partial charge in [-0.1, -0.05) is 91.0 Å². The van der Waals surface area contributed by atoms with Gasteiger partial charge in [-0.15, -0.1) is 0 Å². The zero-order chi connectivity index (χ0) is 36.9. The van der Waals surface area contributed by atoms with E-state index < -0.39 is 0 Å². The van der Waals surface area contributed by atoms with Gasteiger partial charge in [-0.05, 0) is 108 Å². The molecule has 0 aliphatic carbocycles. The number of rotatable bonds is 6. The maximum absolute atomic E-state index is 9.97. The molecule has 0 spiro atoms. The van der Waals surface area contributed by atoms with Crippen LogP contribution in [-0.4, -0.2) is 9.13 Å². The van der Waals surface area contributed by atoms with E-state index in [-0.39, 0.29) is 0 Å². The van der Waals surface area contributed by atoms with Gasteiger partial charge in [0.25, 0.3) is 0 Å². The summed E-state index contributed by atoms with van der Waals surface area (Å²) in [6.45, 7) is 7.61. The van der Waals surface area contributed by atoms with Gasteiger partial charge in [0.1, 0.15) is 0 Å². The Kier molecular flexibility index (Phi) is 7.51. The first-order valence-electron chi connectivity index (χ1n) is 18.2. The van der Waals surface area contributed by atoms with Crippen LogP contribution in [-0.2, 0) is 0 Å². The average Bonchev–Trinajstić information content (AvgIpc) is 3.76. The van der Waals surface area contributed by atoms with Crippen molar-refractivity contribution in [2.75, 3.05) is 4.90 Å². The smallest absolute Gasteiger partial charge is 0.204 e. The van der Waals surface area contributed by atoms with Crippen LogP contribution in [0, 0.1) is 17.9 Å². The van der Waals surface area contributed by atoms with Crippen molar-refractivity contribution in [1.29, 1.82) is 5.26 Å². The molecule has 8 aromatic carbocycles. The van der Waals surface area contributed by atoms with Crippen LogP contribution in [0.4, 0.5) is 22.7 Å². The van der Waals surface area contributed by atoms with Crippen LogP contribution >= 0.6 is 0 Å². The Morgan fingerprint density at radius 2 is 0.945 bits per heavy atom. The second-order valence-electron chi connectivity index (χ2n) is 13.6. The largest absolute Gasteiger partial charge is 0.310 e. The normalized spacial score (nSPS) is 11.2. The Labute approximate surface area is 318 Å². The van der Waals surface area contributed by atoms with Gasteiger partial charge in [-0.25, -0.2) is 4.85 Å². The lowest BCUT2D eigenvalue weighted by molar-refractivity contribution is 1.18. The van der Waals surface area contributed by atoms with Crippen molar-refractivity contribution < 1.29 is 0 Å². The topological polar surface area (TPSA) is 41.2 Å². The summed E-state index contributed by atoms with van der Waals surface area (Å²) in [7, 11) is 0. The van der Waals surface area contributed by atoms with Crippen molar-refractivity contribution in [2.45, 2.75) is 0 Å². The highest BCUT2D eigenvalue weighted by Gasteiger charge is 2.19. The molecule has 10 aromatic rings. The minimum Gasteiger partial charge on any atom is -0.310 e. The molecule has 0 radical (unpaired) electrons. The lowest BCUT2D eigenvalue weighted by Crippen LogP contribution is -2.09. The second kappa shape index (κ2) is 13.0. The Hall–Kier alpha value is -7.86. The molecule has 55 heavy (non-hydrogen) atoms. The molecule has 256 valence electrons. The molecule has 10 rings (SSSR count). The van der Waals surface area contributed by atoms with Crippen LogP contribution in [0.25, 0.3) is 71.0 Å². The summed E-state index contributed by atoms with van der Waals surface area (Å²) in [6, 6.07) is 67.8. The monoisotopic (exact) mass is 701 g/mol. The third-order valence-corrected chi connectivity index (χ3v) is 10.5. The van der Waals surface area contributed by atoms with Crippen LogP contribution in [0.3, 0.4) is 0 Å². The number of aromatic nitrogens is 2. The molecule has 2 heterocycles. The number of nitrogens with zero attached hydrogens (tertiary/aromatic N) is 5. The molecule has 0 fully saturated rings. The van der Waals surface area contributed by atoms with Crippen molar-refractivity contribution >= 4 is 66.4 Å². The van der Waals surface area contributed by atoms with Gasteiger partial charge >= 0.3 is 0 Å². The maximum atomic E-state index is 9.97. The third kappa shape index (κ3) is 5.23. The fourth-order valence-corrected chi connectivity index (χ4v) is 8.07. The molecule has 2 aromatic heterocycles. The number of anilines is 3. The highest BCUT2D eigenvalue weighted by molar-refractivity contribution is 6.13.